The van der Waals surface area contributed by atoms with Gasteiger partial charge in [0.1, 0.15) is 0 Å². The van der Waals surface area contributed by atoms with E-state index in [0.717, 1.165) is 12.0 Å². The van der Waals surface area contributed by atoms with Gasteiger partial charge in [0.2, 0.25) is 0 Å². The molecule has 1 aromatic rings. The van der Waals surface area contributed by atoms with Crippen molar-refractivity contribution in [3.63, 3.8) is 0 Å². The molecule has 5 heteroatoms. The van der Waals surface area contributed by atoms with Crippen molar-refractivity contribution in [1.29, 1.82) is 0 Å². The third kappa shape index (κ3) is 1.78. The summed E-state index contributed by atoms with van der Waals surface area (Å²) in [6.07, 6.45) is 0.746. The summed E-state index contributed by atoms with van der Waals surface area (Å²) >= 11 is 0. The summed E-state index contributed by atoms with van der Waals surface area (Å²) in [7, 11) is 1.66. The van der Waals surface area contributed by atoms with E-state index in [1.165, 1.54) is 6.07 Å². The Morgan fingerprint density at radius 1 is 1.36 bits per heavy atom. The maximum atomic E-state index is 11.2. The minimum atomic E-state index is -3.65. The van der Waals surface area contributed by atoms with Crippen molar-refractivity contribution in [2.75, 3.05) is 6.61 Å². The van der Waals surface area contributed by atoms with E-state index >= 15 is 0 Å². The molecule has 2 rings (SSSR count). The molecule has 0 atom stereocenters. The lowest BCUT2D eigenvalue weighted by Gasteiger charge is -2.18. The molecule has 0 bridgehead atoms. The Morgan fingerprint density at radius 2 is 2.14 bits per heavy atom. The van der Waals surface area contributed by atoms with Gasteiger partial charge in [-0.25, -0.2) is 8.42 Å². The summed E-state index contributed by atoms with van der Waals surface area (Å²) in [6, 6.07) is 5.12. The molecule has 1 aliphatic rings. The first kappa shape index (κ1) is 9.96. The highest BCUT2D eigenvalue weighted by atomic mass is 35.7. The smallest absolute Gasteiger partial charge is 0.261 e. The Balaban J connectivity index is 2.62. The number of rotatable bonds is 1. The summed E-state index contributed by atoms with van der Waals surface area (Å²) in [5.41, 5.74) is 1.71. The van der Waals surface area contributed by atoms with E-state index in [1.54, 1.807) is 6.07 Å². The highest BCUT2D eigenvalue weighted by Crippen LogP contribution is 2.26. The molecule has 0 radical (unpaired) electrons. The van der Waals surface area contributed by atoms with Gasteiger partial charge in [-0.3, -0.25) is 0 Å². The predicted octanol–water partition coefficient (Wildman–Crippen LogP) is 1.69. The summed E-state index contributed by atoms with van der Waals surface area (Å²) in [6.45, 7) is 0.968. The van der Waals surface area contributed by atoms with Gasteiger partial charge in [0.15, 0.2) is 0 Å². The molecular formula is C9H9ClO3S. The first-order valence-electron chi connectivity index (χ1n) is 4.22. The molecular weight excluding hydrogens is 224 g/mol. The third-order valence-corrected chi connectivity index (χ3v) is 3.66. The zero-order valence-corrected chi connectivity index (χ0v) is 8.94. The van der Waals surface area contributed by atoms with Crippen molar-refractivity contribution >= 4 is 19.7 Å². The lowest BCUT2D eigenvalue weighted by Crippen LogP contribution is -2.12. The van der Waals surface area contributed by atoms with Crippen molar-refractivity contribution in [3.05, 3.63) is 29.3 Å². The van der Waals surface area contributed by atoms with Gasteiger partial charge in [-0.1, -0.05) is 12.1 Å². The van der Waals surface area contributed by atoms with E-state index in [0.29, 0.717) is 18.8 Å². The average Bonchev–Trinajstić information content (AvgIpc) is 2.15. The van der Waals surface area contributed by atoms with Crippen LogP contribution in [0.5, 0.6) is 0 Å². The first-order valence-corrected chi connectivity index (χ1v) is 6.53. The minimum Gasteiger partial charge on any atom is -0.376 e. The molecule has 0 amide bonds. The monoisotopic (exact) mass is 232 g/mol. The Morgan fingerprint density at radius 3 is 2.86 bits per heavy atom. The molecule has 76 valence electrons. The van der Waals surface area contributed by atoms with E-state index in [-0.39, 0.29) is 4.90 Å². The predicted molar refractivity (Wildman–Crippen MR) is 52.8 cm³/mol. The number of ether oxygens (including phenoxy) is 1. The standard InChI is InChI=1S/C9H9ClO3S/c10-14(11,12)9-3-1-2-7-4-5-13-6-8(7)9/h1-3H,4-6H2. The molecule has 0 saturated carbocycles. The number of benzene rings is 1. The summed E-state index contributed by atoms with van der Waals surface area (Å²) in [5, 5.41) is 0. The third-order valence-electron chi connectivity index (χ3n) is 2.25. The molecule has 0 unspecified atom stereocenters. The second kappa shape index (κ2) is 3.53. The maximum absolute atomic E-state index is 11.2. The second-order valence-electron chi connectivity index (χ2n) is 3.13. The molecule has 1 aliphatic heterocycles. The molecule has 0 spiro atoms. The van der Waals surface area contributed by atoms with Crippen LogP contribution in [-0.4, -0.2) is 15.0 Å². The van der Waals surface area contributed by atoms with Crippen molar-refractivity contribution in [2.45, 2.75) is 17.9 Å². The molecule has 0 aromatic heterocycles. The van der Waals surface area contributed by atoms with E-state index in [9.17, 15) is 8.42 Å². The fourth-order valence-corrected chi connectivity index (χ4v) is 2.75. The number of fused-ring (bicyclic) bond motifs is 1. The highest BCUT2D eigenvalue weighted by molar-refractivity contribution is 8.13. The highest BCUT2D eigenvalue weighted by Gasteiger charge is 2.20. The Bertz CT molecular complexity index is 453. The molecule has 0 saturated heterocycles. The van der Waals surface area contributed by atoms with Crippen LogP contribution in [0.2, 0.25) is 0 Å². The van der Waals surface area contributed by atoms with Crippen molar-refractivity contribution in [1.82, 2.24) is 0 Å². The lowest BCUT2D eigenvalue weighted by atomic mass is 10.0. The minimum absolute atomic E-state index is 0.177. The quantitative estimate of drug-likeness (QED) is 0.692. The van der Waals surface area contributed by atoms with Crippen LogP contribution in [0.4, 0.5) is 0 Å². The normalized spacial score (nSPS) is 16.4. The Labute approximate surface area is 87.1 Å². The zero-order valence-electron chi connectivity index (χ0n) is 7.36. The van der Waals surface area contributed by atoms with E-state index in [1.807, 2.05) is 6.07 Å². The molecule has 14 heavy (non-hydrogen) atoms. The fourth-order valence-electron chi connectivity index (χ4n) is 1.59. The van der Waals surface area contributed by atoms with Crippen LogP contribution in [0.3, 0.4) is 0 Å². The van der Waals surface area contributed by atoms with Gasteiger partial charge in [-0.15, -0.1) is 0 Å². The number of hydrogen-bond acceptors (Lipinski definition) is 3. The van der Waals surface area contributed by atoms with Crippen LogP contribution in [0.1, 0.15) is 11.1 Å². The zero-order chi connectivity index (χ0) is 10.2. The van der Waals surface area contributed by atoms with Crippen molar-refractivity contribution in [3.8, 4) is 0 Å². The summed E-state index contributed by atoms with van der Waals surface area (Å²) in [4.78, 5) is 0.177. The average molecular weight is 233 g/mol. The molecule has 0 aliphatic carbocycles. The van der Waals surface area contributed by atoms with E-state index < -0.39 is 9.05 Å². The Hall–Kier alpha value is -0.580. The summed E-state index contributed by atoms with van der Waals surface area (Å²) in [5.74, 6) is 0. The summed E-state index contributed by atoms with van der Waals surface area (Å²) < 4.78 is 27.6. The topological polar surface area (TPSA) is 43.4 Å². The molecule has 1 aromatic carbocycles. The Kier molecular flexibility index (Phi) is 2.51. The van der Waals surface area contributed by atoms with Crippen LogP contribution < -0.4 is 0 Å². The first-order chi connectivity index (χ1) is 6.59. The van der Waals surface area contributed by atoms with Gasteiger partial charge < -0.3 is 4.74 Å². The van der Waals surface area contributed by atoms with Gasteiger partial charge in [0.25, 0.3) is 9.05 Å². The van der Waals surface area contributed by atoms with Gasteiger partial charge in [-0.2, -0.15) is 0 Å². The van der Waals surface area contributed by atoms with Crippen molar-refractivity contribution in [2.24, 2.45) is 0 Å². The van der Waals surface area contributed by atoms with Crippen LogP contribution in [0.15, 0.2) is 23.1 Å². The fraction of sp³-hybridized carbons (Fsp3) is 0.333. The number of hydrogen-bond donors (Lipinski definition) is 0. The van der Waals surface area contributed by atoms with Gasteiger partial charge in [0, 0.05) is 16.2 Å². The maximum Gasteiger partial charge on any atom is 0.261 e. The van der Waals surface area contributed by atoms with Crippen LogP contribution in [0, 0.1) is 0 Å². The second-order valence-corrected chi connectivity index (χ2v) is 5.67. The van der Waals surface area contributed by atoms with Gasteiger partial charge in [0.05, 0.1) is 18.1 Å². The van der Waals surface area contributed by atoms with Crippen LogP contribution in [0.25, 0.3) is 0 Å². The van der Waals surface area contributed by atoms with Gasteiger partial charge in [-0.05, 0) is 18.1 Å². The molecule has 0 N–H and O–H groups in total. The van der Waals surface area contributed by atoms with Gasteiger partial charge >= 0.3 is 0 Å². The SMILES string of the molecule is O=S(=O)(Cl)c1cccc2c1COCC2. The molecule has 0 fully saturated rings. The molecule has 3 nitrogen and oxygen atoms in total. The van der Waals surface area contributed by atoms with Crippen LogP contribution in [-0.2, 0) is 26.8 Å². The van der Waals surface area contributed by atoms with Crippen molar-refractivity contribution < 1.29 is 13.2 Å². The number of halogens is 1. The lowest BCUT2D eigenvalue weighted by molar-refractivity contribution is 0.108. The van der Waals surface area contributed by atoms with E-state index in [4.69, 9.17) is 15.4 Å². The largest absolute Gasteiger partial charge is 0.376 e. The molecule has 1 heterocycles. The van der Waals surface area contributed by atoms with E-state index in [2.05, 4.69) is 0 Å². The van der Waals surface area contributed by atoms with Crippen LogP contribution >= 0.6 is 10.7 Å².